The Labute approximate surface area is 113 Å². The highest BCUT2D eigenvalue weighted by atomic mass is 32.2. The van der Waals surface area contributed by atoms with E-state index in [1.54, 1.807) is 6.07 Å². The molecular weight excluding hydrogens is 286 g/mol. The fourth-order valence-corrected chi connectivity index (χ4v) is 2.38. The number of hydrogen-bond acceptors (Lipinski definition) is 5. The maximum atomic E-state index is 11.9. The molecule has 0 saturated carbocycles. The second-order valence-corrected chi connectivity index (χ2v) is 5.38. The van der Waals surface area contributed by atoms with Crippen molar-refractivity contribution in [1.82, 2.24) is 9.97 Å². The van der Waals surface area contributed by atoms with Crippen molar-refractivity contribution in [2.75, 3.05) is 4.72 Å². The lowest BCUT2D eigenvalue weighted by atomic mass is 10.3. The minimum atomic E-state index is -3.89. The molecule has 0 aliphatic carbocycles. The normalized spacial score (nSPS) is 11.0. The SMILES string of the molecule is O=C(O)c1cnc(NS(=O)(=O)c2ccccc2)[nH]c1=O. The molecule has 2 rings (SSSR count). The van der Waals surface area contributed by atoms with Crippen molar-refractivity contribution in [3.63, 3.8) is 0 Å². The number of aromatic amines is 1. The van der Waals surface area contributed by atoms with E-state index in [0.717, 1.165) is 6.20 Å². The van der Waals surface area contributed by atoms with Gasteiger partial charge in [0.2, 0.25) is 5.95 Å². The number of carboxylic acids is 1. The molecule has 9 heteroatoms. The number of nitrogens with one attached hydrogen (secondary N) is 2. The summed E-state index contributed by atoms with van der Waals surface area (Å²) in [7, 11) is -3.89. The molecule has 1 aromatic carbocycles. The van der Waals surface area contributed by atoms with Crippen LogP contribution in [0.1, 0.15) is 10.4 Å². The minimum absolute atomic E-state index is 0.00930. The quantitative estimate of drug-likeness (QED) is 0.742. The van der Waals surface area contributed by atoms with Crippen LogP contribution in [-0.2, 0) is 10.0 Å². The first-order valence-corrected chi connectivity index (χ1v) is 6.79. The Kier molecular flexibility index (Phi) is 3.53. The summed E-state index contributed by atoms with van der Waals surface area (Å²) in [6.07, 6.45) is 0.782. The van der Waals surface area contributed by atoms with E-state index in [1.807, 2.05) is 4.98 Å². The standard InChI is InChI=1S/C11H9N3O5S/c15-9-8(10(16)17)6-12-11(13-9)14-20(18,19)7-4-2-1-3-5-7/h1-6H,(H,16,17)(H2,12,13,14,15). The Morgan fingerprint density at radius 3 is 2.45 bits per heavy atom. The molecule has 0 unspecified atom stereocenters. The average Bonchev–Trinajstić information content (AvgIpc) is 2.39. The number of sulfonamides is 1. The molecule has 3 N–H and O–H groups in total. The molecule has 0 spiro atoms. The number of carbonyl (C=O) groups is 1. The van der Waals surface area contributed by atoms with Crippen molar-refractivity contribution >= 4 is 21.9 Å². The molecule has 0 fully saturated rings. The first kappa shape index (κ1) is 13.7. The summed E-state index contributed by atoms with van der Waals surface area (Å²) in [5.41, 5.74) is -1.52. The van der Waals surface area contributed by atoms with E-state index in [9.17, 15) is 18.0 Å². The fourth-order valence-electron chi connectivity index (χ4n) is 1.38. The molecular formula is C11H9N3O5S. The lowest BCUT2D eigenvalue weighted by molar-refractivity contribution is 0.0694. The monoisotopic (exact) mass is 295 g/mol. The zero-order valence-electron chi connectivity index (χ0n) is 9.90. The van der Waals surface area contributed by atoms with E-state index in [0.29, 0.717) is 0 Å². The number of aromatic nitrogens is 2. The number of rotatable bonds is 4. The van der Waals surface area contributed by atoms with Crippen LogP contribution < -0.4 is 10.3 Å². The molecule has 0 saturated heterocycles. The molecule has 2 aromatic rings. The summed E-state index contributed by atoms with van der Waals surface area (Å²) in [5, 5.41) is 8.67. The van der Waals surface area contributed by atoms with Crippen LogP contribution in [0, 0.1) is 0 Å². The fraction of sp³-hybridized carbons (Fsp3) is 0. The van der Waals surface area contributed by atoms with Gasteiger partial charge in [-0.05, 0) is 12.1 Å². The van der Waals surface area contributed by atoms with Gasteiger partial charge in [0.05, 0.1) is 11.1 Å². The smallest absolute Gasteiger partial charge is 0.342 e. The van der Waals surface area contributed by atoms with Crippen LogP contribution in [0.3, 0.4) is 0 Å². The van der Waals surface area contributed by atoms with Crippen molar-refractivity contribution < 1.29 is 18.3 Å². The van der Waals surface area contributed by atoms with E-state index < -0.39 is 27.1 Å². The lowest BCUT2D eigenvalue weighted by Gasteiger charge is -2.06. The molecule has 0 radical (unpaired) electrons. The number of aromatic carboxylic acids is 1. The minimum Gasteiger partial charge on any atom is -0.477 e. The number of nitrogens with zero attached hydrogens (tertiary/aromatic N) is 1. The van der Waals surface area contributed by atoms with Crippen LogP contribution in [0.15, 0.2) is 46.2 Å². The first-order valence-electron chi connectivity index (χ1n) is 5.30. The summed E-state index contributed by atoms with van der Waals surface area (Å²) in [6, 6.07) is 7.47. The maximum Gasteiger partial charge on any atom is 0.342 e. The van der Waals surface area contributed by atoms with Gasteiger partial charge >= 0.3 is 5.97 Å². The third-order valence-electron chi connectivity index (χ3n) is 2.31. The van der Waals surface area contributed by atoms with Gasteiger partial charge in [-0.1, -0.05) is 18.2 Å². The molecule has 8 nitrogen and oxygen atoms in total. The highest BCUT2D eigenvalue weighted by molar-refractivity contribution is 7.92. The maximum absolute atomic E-state index is 11.9. The Hall–Kier alpha value is -2.68. The summed E-state index contributed by atoms with van der Waals surface area (Å²) < 4.78 is 25.9. The molecule has 20 heavy (non-hydrogen) atoms. The summed E-state index contributed by atoms with van der Waals surface area (Å²) >= 11 is 0. The van der Waals surface area contributed by atoms with Crippen LogP contribution in [0.4, 0.5) is 5.95 Å². The van der Waals surface area contributed by atoms with Crippen LogP contribution in [0.5, 0.6) is 0 Å². The van der Waals surface area contributed by atoms with E-state index >= 15 is 0 Å². The molecule has 0 aliphatic rings. The van der Waals surface area contributed by atoms with Crippen LogP contribution >= 0.6 is 0 Å². The predicted molar refractivity (Wildman–Crippen MR) is 69.1 cm³/mol. The van der Waals surface area contributed by atoms with Crippen LogP contribution in [0.25, 0.3) is 0 Å². The first-order chi connectivity index (χ1) is 9.40. The van der Waals surface area contributed by atoms with Crippen LogP contribution in [0.2, 0.25) is 0 Å². The predicted octanol–water partition coefficient (Wildman–Crippen LogP) is 0.269. The molecule has 0 amide bonds. The van der Waals surface area contributed by atoms with Gasteiger partial charge in [-0.25, -0.2) is 22.9 Å². The number of H-pyrrole nitrogens is 1. The van der Waals surface area contributed by atoms with Gasteiger partial charge in [0.1, 0.15) is 5.56 Å². The Balaban J connectivity index is 2.34. The average molecular weight is 295 g/mol. The molecule has 104 valence electrons. The second-order valence-electron chi connectivity index (χ2n) is 3.70. The Morgan fingerprint density at radius 1 is 1.25 bits per heavy atom. The van der Waals surface area contributed by atoms with Crippen LogP contribution in [-0.4, -0.2) is 29.5 Å². The second kappa shape index (κ2) is 5.13. The molecule has 0 atom stereocenters. The number of carboxylic acid groups (broad SMARTS) is 1. The zero-order valence-corrected chi connectivity index (χ0v) is 10.7. The Morgan fingerprint density at radius 2 is 1.90 bits per heavy atom. The van der Waals surface area contributed by atoms with Gasteiger partial charge in [-0.2, -0.15) is 0 Å². The van der Waals surface area contributed by atoms with Crippen molar-refractivity contribution in [3.05, 3.63) is 52.4 Å². The highest BCUT2D eigenvalue weighted by Crippen LogP contribution is 2.11. The van der Waals surface area contributed by atoms with E-state index in [1.165, 1.54) is 24.3 Å². The lowest BCUT2D eigenvalue weighted by Crippen LogP contribution is -2.22. The van der Waals surface area contributed by atoms with Gasteiger partial charge in [0.25, 0.3) is 15.6 Å². The van der Waals surface area contributed by atoms with Crippen molar-refractivity contribution in [2.45, 2.75) is 4.90 Å². The number of hydrogen-bond donors (Lipinski definition) is 3. The number of anilines is 1. The van der Waals surface area contributed by atoms with E-state index in [4.69, 9.17) is 5.11 Å². The zero-order chi connectivity index (χ0) is 14.8. The third kappa shape index (κ3) is 2.83. The summed E-state index contributed by atoms with van der Waals surface area (Å²) in [6.45, 7) is 0. The summed E-state index contributed by atoms with van der Waals surface area (Å²) in [5.74, 6) is -1.81. The number of benzene rings is 1. The van der Waals surface area contributed by atoms with Gasteiger partial charge in [-0.3, -0.25) is 9.78 Å². The topological polar surface area (TPSA) is 129 Å². The van der Waals surface area contributed by atoms with Crippen molar-refractivity contribution in [2.24, 2.45) is 0 Å². The van der Waals surface area contributed by atoms with E-state index in [2.05, 4.69) is 9.71 Å². The van der Waals surface area contributed by atoms with E-state index in [-0.39, 0.29) is 10.8 Å². The molecule has 1 heterocycles. The van der Waals surface area contributed by atoms with Crippen molar-refractivity contribution in [1.29, 1.82) is 0 Å². The van der Waals surface area contributed by atoms with Gasteiger partial charge < -0.3 is 5.11 Å². The largest absolute Gasteiger partial charge is 0.477 e. The molecule has 0 aliphatic heterocycles. The third-order valence-corrected chi connectivity index (χ3v) is 3.67. The molecule has 1 aromatic heterocycles. The highest BCUT2D eigenvalue weighted by Gasteiger charge is 2.16. The van der Waals surface area contributed by atoms with Gasteiger partial charge in [0.15, 0.2) is 0 Å². The van der Waals surface area contributed by atoms with Gasteiger partial charge in [0, 0.05) is 0 Å². The molecule has 0 bridgehead atoms. The summed E-state index contributed by atoms with van der Waals surface area (Å²) in [4.78, 5) is 27.6. The Bertz CT molecular complexity index is 798. The van der Waals surface area contributed by atoms with Crippen molar-refractivity contribution in [3.8, 4) is 0 Å². The van der Waals surface area contributed by atoms with Gasteiger partial charge in [-0.15, -0.1) is 0 Å².